The first-order chi connectivity index (χ1) is 12.7. The van der Waals surface area contributed by atoms with Gasteiger partial charge in [0.15, 0.2) is 0 Å². The molecule has 26 heavy (non-hydrogen) atoms. The number of piperazine rings is 1. The summed E-state index contributed by atoms with van der Waals surface area (Å²) in [5.74, 6) is 0.574. The van der Waals surface area contributed by atoms with Gasteiger partial charge in [-0.05, 0) is 30.2 Å². The van der Waals surface area contributed by atoms with E-state index in [1.807, 2.05) is 24.3 Å². The number of aryl methyl sites for hydroxylation is 1. The van der Waals surface area contributed by atoms with Crippen molar-refractivity contribution in [1.82, 2.24) is 15.0 Å². The molecule has 2 heterocycles. The fourth-order valence-corrected chi connectivity index (χ4v) is 3.40. The minimum atomic E-state index is 0.574. The highest BCUT2D eigenvalue weighted by molar-refractivity contribution is 6.30. The van der Waals surface area contributed by atoms with Crippen molar-refractivity contribution in [3.05, 3.63) is 64.7 Å². The van der Waals surface area contributed by atoms with E-state index < -0.39 is 0 Å². The van der Waals surface area contributed by atoms with Gasteiger partial charge in [-0.3, -0.25) is 4.90 Å². The van der Waals surface area contributed by atoms with E-state index in [4.69, 9.17) is 16.1 Å². The van der Waals surface area contributed by atoms with Gasteiger partial charge < -0.3 is 9.42 Å². The van der Waals surface area contributed by atoms with Gasteiger partial charge in [-0.2, -0.15) is 4.98 Å². The summed E-state index contributed by atoms with van der Waals surface area (Å²) in [6.45, 7) is 6.86. The molecule has 0 atom stereocenters. The average Bonchev–Trinajstić information content (AvgIpc) is 3.14. The third-order valence-electron chi connectivity index (χ3n) is 4.80. The van der Waals surface area contributed by atoms with Crippen LogP contribution in [0.5, 0.6) is 0 Å². The van der Waals surface area contributed by atoms with Crippen molar-refractivity contribution in [1.29, 1.82) is 0 Å². The summed E-state index contributed by atoms with van der Waals surface area (Å²) in [6.07, 6.45) is 0. The summed E-state index contributed by atoms with van der Waals surface area (Å²) in [4.78, 5) is 9.15. The van der Waals surface area contributed by atoms with Gasteiger partial charge >= 0.3 is 6.01 Å². The molecule has 0 N–H and O–H groups in total. The van der Waals surface area contributed by atoms with Crippen LogP contribution in [0.25, 0.3) is 11.4 Å². The van der Waals surface area contributed by atoms with Crippen molar-refractivity contribution in [3.8, 4) is 11.4 Å². The van der Waals surface area contributed by atoms with Crippen LogP contribution in [0.15, 0.2) is 53.1 Å². The van der Waals surface area contributed by atoms with Gasteiger partial charge in [0.05, 0.1) is 0 Å². The Balaban J connectivity index is 1.39. The lowest BCUT2D eigenvalue weighted by molar-refractivity contribution is 0.242. The van der Waals surface area contributed by atoms with Crippen molar-refractivity contribution in [3.63, 3.8) is 0 Å². The lowest BCUT2D eigenvalue weighted by Gasteiger charge is -2.33. The van der Waals surface area contributed by atoms with E-state index in [0.717, 1.165) is 38.3 Å². The SMILES string of the molecule is Cc1ccccc1CN1CCN(c2nc(-c3cccc(Cl)c3)no2)CC1. The van der Waals surface area contributed by atoms with Crippen LogP contribution in [-0.2, 0) is 6.54 Å². The van der Waals surface area contributed by atoms with Crippen molar-refractivity contribution >= 4 is 17.6 Å². The number of aromatic nitrogens is 2. The Labute approximate surface area is 158 Å². The van der Waals surface area contributed by atoms with Gasteiger partial charge in [-0.15, -0.1) is 0 Å². The summed E-state index contributed by atoms with van der Waals surface area (Å²) >= 11 is 6.04. The van der Waals surface area contributed by atoms with E-state index in [9.17, 15) is 0 Å². The minimum absolute atomic E-state index is 0.574. The van der Waals surface area contributed by atoms with Crippen LogP contribution in [0.1, 0.15) is 11.1 Å². The number of rotatable bonds is 4. The standard InChI is InChI=1S/C20H21ClN4O/c1-15-5-2-3-6-17(15)14-24-9-11-25(12-10-24)20-22-19(23-26-20)16-7-4-8-18(21)13-16/h2-8,13H,9-12,14H2,1H3. The molecule has 2 aromatic carbocycles. The number of hydrogen-bond donors (Lipinski definition) is 0. The third kappa shape index (κ3) is 3.74. The number of benzene rings is 2. The summed E-state index contributed by atoms with van der Waals surface area (Å²) in [5, 5.41) is 4.77. The third-order valence-corrected chi connectivity index (χ3v) is 5.03. The van der Waals surface area contributed by atoms with E-state index in [-0.39, 0.29) is 0 Å². The average molecular weight is 369 g/mol. The molecule has 3 aromatic rings. The van der Waals surface area contributed by atoms with Gasteiger partial charge in [0.1, 0.15) is 0 Å². The Kier molecular flexibility index (Phi) is 4.91. The maximum atomic E-state index is 6.04. The highest BCUT2D eigenvalue weighted by Crippen LogP contribution is 2.23. The van der Waals surface area contributed by atoms with Crippen molar-refractivity contribution < 1.29 is 4.52 Å². The van der Waals surface area contributed by atoms with E-state index in [1.54, 1.807) is 0 Å². The lowest BCUT2D eigenvalue weighted by atomic mass is 10.1. The smallest absolute Gasteiger partial charge is 0.322 e. The zero-order valence-electron chi connectivity index (χ0n) is 14.7. The molecule has 6 heteroatoms. The first-order valence-electron chi connectivity index (χ1n) is 8.80. The summed E-state index contributed by atoms with van der Waals surface area (Å²) in [5.41, 5.74) is 3.60. The number of nitrogens with zero attached hydrogens (tertiary/aromatic N) is 4. The highest BCUT2D eigenvalue weighted by atomic mass is 35.5. The molecule has 1 aliphatic heterocycles. The van der Waals surface area contributed by atoms with Crippen LogP contribution in [0.3, 0.4) is 0 Å². The molecule has 0 radical (unpaired) electrons. The predicted octanol–water partition coefficient (Wildman–Crippen LogP) is 4.02. The predicted molar refractivity (Wildman–Crippen MR) is 103 cm³/mol. The second-order valence-corrected chi connectivity index (χ2v) is 7.04. The van der Waals surface area contributed by atoms with Gasteiger partial charge in [0.25, 0.3) is 0 Å². The van der Waals surface area contributed by atoms with Crippen molar-refractivity contribution in [2.75, 3.05) is 31.1 Å². The second kappa shape index (κ2) is 7.48. The minimum Gasteiger partial charge on any atom is -0.322 e. The number of hydrogen-bond acceptors (Lipinski definition) is 5. The monoisotopic (exact) mass is 368 g/mol. The molecule has 1 fully saturated rings. The van der Waals surface area contributed by atoms with Crippen molar-refractivity contribution in [2.45, 2.75) is 13.5 Å². The first-order valence-corrected chi connectivity index (χ1v) is 9.18. The van der Waals surface area contributed by atoms with E-state index in [0.29, 0.717) is 16.9 Å². The topological polar surface area (TPSA) is 45.4 Å². The molecule has 134 valence electrons. The van der Waals surface area contributed by atoms with Crippen LogP contribution >= 0.6 is 11.6 Å². The van der Waals surface area contributed by atoms with E-state index >= 15 is 0 Å². The Hall–Kier alpha value is -2.37. The molecule has 0 unspecified atom stereocenters. The number of halogens is 1. The molecular formula is C20H21ClN4O. The van der Waals surface area contributed by atoms with Crippen LogP contribution < -0.4 is 4.90 Å². The van der Waals surface area contributed by atoms with E-state index in [2.05, 4.69) is 51.1 Å². The summed E-state index contributed by atoms with van der Waals surface area (Å²) in [6, 6.07) is 16.6. The molecule has 0 bridgehead atoms. The Morgan fingerprint density at radius 3 is 2.62 bits per heavy atom. The number of anilines is 1. The van der Waals surface area contributed by atoms with Crippen LogP contribution in [0, 0.1) is 6.92 Å². The molecule has 1 aliphatic rings. The molecular weight excluding hydrogens is 348 g/mol. The van der Waals surface area contributed by atoms with Gasteiger partial charge in [-0.25, -0.2) is 0 Å². The molecule has 1 aromatic heterocycles. The van der Waals surface area contributed by atoms with Gasteiger partial charge in [0.2, 0.25) is 5.82 Å². The summed E-state index contributed by atoms with van der Waals surface area (Å²) < 4.78 is 5.47. The fourth-order valence-electron chi connectivity index (χ4n) is 3.21. The zero-order chi connectivity index (χ0) is 17.9. The van der Waals surface area contributed by atoms with Gasteiger partial charge in [-0.1, -0.05) is 53.2 Å². The molecule has 0 aliphatic carbocycles. The maximum absolute atomic E-state index is 6.04. The molecule has 5 nitrogen and oxygen atoms in total. The fraction of sp³-hybridized carbons (Fsp3) is 0.300. The largest absolute Gasteiger partial charge is 0.324 e. The second-order valence-electron chi connectivity index (χ2n) is 6.60. The zero-order valence-corrected chi connectivity index (χ0v) is 15.5. The molecule has 0 spiro atoms. The van der Waals surface area contributed by atoms with Crippen molar-refractivity contribution in [2.24, 2.45) is 0 Å². The Bertz CT molecular complexity index is 887. The lowest BCUT2D eigenvalue weighted by Crippen LogP contribution is -2.46. The molecule has 0 amide bonds. The molecule has 0 saturated carbocycles. The molecule has 4 rings (SSSR count). The molecule has 1 saturated heterocycles. The van der Waals surface area contributed by atoms with Gasteiger partial charge in [0, 0.05) is 43.3 Å². The normalized spacial score (nSPS) is 15.4. The summed E-state index contributed by atoms with van der Waals surface area (Å²) in [7, 11) is 0. The quantitative estimate of drug-likeness (QED) is 0.696. The highest BCUT2D eigenvalue weighted by Gasteiger charge is 2.22. The van der Waals surface area contributed by atoms with E-state index in [1.165, 1.54) is 11.1 Å². The maximum Gasteiger partial charge on any atom is 0.324 e. The first kappa shape index (κ1) is 17.1. The van der Waals surface area contributed by atoms with Crippen LogP contribution in [-0.4, -0.2) is 41.2 Å². The van der Waals surface area contributed by atoms with Crippen LogP contribution in [0.2, 0.25) is 5.02 Å². The Morgan fingerprint density at radius 1 is 1.04 bits per heavy atom. The van der Waals surface area contributed by atoms with Crippen LogP contribution in [0.4, 0.5) is 6.01 Å². The Morgan fingerprint density at radius 2 is 1.85 bits per heavy atom.